The van der Waals surface area contributed by atoms with Gasteiger partial charge in [-0.1, -0.05) is 22.0 Å². The van der Waals surface area contributed by atoms with Crippen LogP contribution in [-0.4, -0.2) is 25.1 Å². The third kappa shape index (κ3) is 2.97. The minimum absolute atomic E-state index is 0.654. The highest BCUT2D eigenvalue weighted by atomic mass is 79.9. The predicted molar refractivity (Wildman–Crippen MR) is 93.7 cm³/mol. The van der Waals surface area contributed by atoms with Crippen molar-refractivity contribution in [1.29, 1.82) is 0 Å². The number of hydrogen-bond donors (Lipinski definition) is 0. The third-order valence-electron chi connectivity index (χ3n) is 3.85. The van der Waals surface area contributed by atoms with E-state index in [4.69, 9.17) is 9.47 Å². The molecule has 2 aromatic carbocycles. The Bertz CT molecular complexity index is 870. The van der Waals surface area contributed by atoms with Gasteiger partial charge in [0.25, 0.3) is 0 Å². The van der Waals surface area contributed by atoms with Crippen molar-refractivity contribution in [3.8, 4) is 11.5 Å². The Labute approximate surface area is 142 Å². The quantitative estimate of drug-likeness (QED) is 0.626. The van der Waals surface area contributed by atoms with Crippen LogP contribution in [-0.2, 0) is 6.54 Å². The lowest BCUT2D eigenvalue weighted by Crippen LogP contribution is -1.99. The van der Waals surface area contributed by atoms with E-state index >= 15 is 0 Å². The first kappa shape index (κ1) is 15.6. The number of methoxy groups -OCH3 is 2. The number of benzene rings is 2. The highest BCUT2D eigenvalue weighted by molar-refractivity contribution is 9.10. The van der Waals surface area contributed by atoms with Gasteiger partial charge in [-0.2, -0.15) is 0 Å². The van der Waals surface area contributed by atoms with Gasteiger partial charge in [0.15, 0.2) is 6.29 Å². The average Bonchev–Trinajstić information content (AvgIpc) is 2.93. The molecule has 1 heterocycles. The fourth-order valence-corrected chi connectivity index (χ4v) is 3.11. The van der Waals surface area contributed by atoms with Crippen molar-refractivity contribution in [2.45, 2.75) is 6.54 Å². The van der Waals surface area contributed by atoms with Gasteiger partial charge in [-0.05, 0) is 35.9 Å². The van der Waals surface area contributed by atoms with E-state index in [2.05, 4.69) is 20.5 Å². The van der Waals surface area contributed by atoms with Gasteiger partial charge in [-0.15, -0.1) is 0 Å². The second-order valence-electron chi connectivity index (χ2n) is 5.17. The summed E-state index contributed by atoms with van der Waals surface area (Å²) in [7, 11) is 3.26. The maximum absolute atomic E-state index is 11.4. The lowest BCUT2D eigenvalue weighted by atomic mass is 10.2. The minimum atomic E-state index is 0.654. The van der Waals surface area contributed by atoms with Crippen LogP contribution in [0.15, 0.2) is 47.1 Å². The summed E-state index contributed by atoms with van der Waals surface area (Å²) in [6, 6.07) is 11.6. The molecule has 3 rings (SSSR count). The van der Waals surface area contributed by atoms with Gasteiger partial charge in [-0.3, -0.25) is 4.79 Å². The van der Waals surface area contributed by atoms with Crippen molar-refractivity contribution in [2.24, 2.45) is 0 Å². The van der Waals surface area contributed by atoms with Crippen molar-refractivity contribution >= 4 is 33.1 Å². The molecule has 0 aliphatic rings. The Morgan fingerprint density at radius 3 is 2.43 bits per heavy atom. The molecule has 0 radical (unpaired) electrons. The van der Waals surface area contributed by atoms with Crippen LogP contribution in [0.4, 0.5) is 0 Å². The summed E-state index contributed by atoms with van der Waals surface area (Å²) in [5.74, 6) is 1.54. The lowest BCUT2D eigenvalue weighted by molar-refractivity contribution is 0.112. The summed E-state index contributed by atoms with van der Waals surface area (Å²) in [6.45, 7) is 0.654. The standard InChI is InChI=1S/C18H16BrNO3/c1-22-14-5-6-18-16(7-14)13(11-21)10-20(18)9-12-3-4-15(23-2)8-17(12)19/h3-8,10-11H,9H2,1-2H3. The molecule has 0 amide bonds. The zero-order valence-corrected chi connectivity index (χ0v) is 14.5. The van der Waals surface area contributed by atoms with Crippen molar-refractivity contribution in [3.05, 3.63) is 58.2 Å². The van der Waals surface area contributed by atoms with Crippen LogP contribution >= 0.6 is 15.9 Å². The van der Waals surface area contributed by atoms with Gasteiger partial charge in [0, 0.05) is 33.7 Å². The van der Waals surface area contributed by atoms with Gasteiger partial charge < -0.3 is 14.0 Å². The van der Waals surface area contributed by atoms with Crippen LogP contribution in [0.5, 0.6) is 11.5 Å². The molecular weight excluding hydrogens is 358 g/mol. The van der Waals surface area contributed by atoms with E-state index in [1.54, 1.807) is 14.2 Å². The van der Waals surface area contributed by atoms with E-state index in [0.29, 0.717) is 12.1 Å². The molecule has 0 unspecified atom stereocenters. The number of aldehydes is 1. The maximum Gasteiger partial charge on any atom is 0.152 e. The van der Waals surface area contributed by atoms with Crippen LogP contribution in [0.25, 0.3) is 10.9 Å². The summed E-state index contributed by atoms with van der Waals surface area (Å²) >= 11 is 3.57. The highest BCUT2D eigenvalue weighted by Crippen LogP contribution is 2.28. The number of aromatic nitrogens is 1. The zero-order chi connectivity index (χ0) is 16.4. The number of carbonyl (C=O) groups excluding carboxylic acids is 1. The second kappa shape index (κ2) is 6.46. The molecule has 0 spiro atoms. The van der Waals surface area contributed by atoms with Crippen molar-refractivity contribution in [2.75, 3.05) is 14.2 Å². The van der Waals surface area contributed by atoms with E-state index in [9.17, 15) is 4.79 Å². The van der Waals surface area contributed by atoms with Crippen LogP contribution in [0, 0.1) is 0 Å². The van der Waals surface area contributed by atoms with E-state index in [-0.39, 0.29) is 0 Å². The Morgan fingerprint density at radius 2 is 1.78 bits per heavy atom. The fourth-order valence-electron chi connectivity index (χ4n) is 2.62. The molecule has 0 saturated heterocycles. The molecule has 1 aromatic heterocycles. The molecule has 118 valence electrons. The number of rotatable bonds is 5. The molecular formula is C18H16BrNO3. The second-order valence-corrected chi connectivity index (χ2v) is 6.02. The van der Waals surface area contributed by atoms with E-state index < -0.39 is 0 Å². The molecule has 0 fully saturated rings. The van der Waals surface area contributed by atoms with Gasteiger partial charge in [0.1, 0.15) is 11.5 Å². The first-order chi connectivity index (χ1) is 11.2. The highest BCUT2D eigenvalue weighted by Gasteiger charge is 2.11. The summed E-state index contributed by atoms with van der Waals surface area (Å²) in [4.78, 5) is 11.4. The van der Waals surface area contributed by atoms with Gasteiger partial charge in [-0.25, -0.2) is 0 Å². The van der Waals surface area contributed by atoms with Gasteiger partial charge in [0.05, 0.1) is 14.2 Å². The minimum Gasteiger partial charge on any atom is -0.497 e. The Balaban J connectivity index is 2.05. The Hall–Kier alpha value is -2.27. The molecule has 5 heteroatoms. The first-order valence-electron chi connectivity index (χ1n) is 7.10. The summed E-state index contributed by atoms with van der Waals surface area (Å²) < 4.78 is 13.5. The van der Waals surface area contributed by atoms with Crippen LogP contribution in [0.1, 0.15) is 15.9 Å². The third-order valence-corrected chi connectivity index (χ3v) is 4.59. The van der Waals surface area contributed by atoms with E-state index in [1.165, 1.54) is 0 Å². The molecule has 23 heavy (non-hydrogen) atoms. The normalized spacial score (nSPS) is 10.7. The monoisotopic (exact) mass is 373 g/mol. The number of halogens is 1. The molecule has 3 aromatic rings. The predicted octanol–water partition coefficient (Wildman–Crippen LogP) is 4.28. The fraction of sp³-hybridized carbons (Fsp3) is 0.167. The number of hydrogen-bond acceptors (Lipinski definition) is 3. The maximum atomic E-state index is 11.4. The van der Waals surface area contributed by atoms with Crippen molar-refractivity contribution in [1.82, 2.24) is 4.57 Å². The van der Waals surface area contributed by atoms with Gasteiger partial charge in [0.2, 0.25) is 0 Å². The molecule has 4 nitrogen and oxygen atoms in total. The Morgan fingerprint density at radius 1 is 1.09 bits per heavy atom. The zero-order valence-electron chi connectivity index (χ0n) is 12.9. The van der Waals surface area contributed by atoms with Crippen LogP contribution in [0.3, 0.4) is 0 Å². The number of carbonyl (C=O) groups is 1. The number of fused-ring (bicyclic) bond motifs is 1. The lowest BCUT2D eigenvalue weighted by Gasteiger charge is -2.09. The van der Waals surface area contributed by atoms with Crippen LogP contribution < -0.4 is 9.47 Å². The summed E-state index contributed by atoms with van der Waals surface area (Å²) in [5.41, 5.74) is 2.76. The SMILES string of the molecule is COc1ccc(Cn2cc(C=O)c3cc(OC)ccc32)c(Br)c1. The van der Waals surface area contributed by atoms with E-state index in [0.717, 1.165) is 38.7 Å². The summed E-state index contributed by atoms with van der Waals surface area (Å²) in [5, 5.41) is 0.893. The molecule has 0 atom stereocenters. The Kier molecular flexibility index (Phi) is 4.39. The molecule has 0 saturated carbocycles. The molecule has 0 aliphatic heterocycles. The topological polar surface area (TPSA) is 40.5 Å². The van der Waals surface area contributed by atoms with Crippen LogP contribution in [0.2, 0.25) is 0 Å². The van der Waals surface area contributed by atoms with Gasteiger partial charge >= 0.3 is 0 Å². The molecule has 0 N–H and O–H groups in total. The smallest absolute Gasteiger partial charge is 0.152 e. The average molecular weight is 374 g/mol. The number of nitrogens with zero attached hydrogens (tertiary/aromatic N) is 1. The molecule has 0 aliphatic carbocycles. The number of ether oxygens (including phenoxy) is 2. The molecule has 0 bridgehead atoms. The first-order valence-corrected chi connectivity index (χ1v) is 7.90. The van der Waals surface area contributed by atoms with Crippen molar-refractivity contribution in [3.63, 3.8) is 0 Å². The van der Waals surface area contributed by atoms with E-state index in [1.807, 2.05) is 42.6 Å². The van der Waals surface area contributed by atoms with Crippen molar-refractivity contribution < 1.29 is 14.3 Å². The summed E-state index contributed by atoms with van der Waals surface area (Å²) in [6.07, 6.45) is 2.75. The largest absolute Gasteiger partial charge is 0.497 e.